The minimum Gasteiger partial charge on any atom is -0.309 e. The van der Waals surface area contributed by atoms with Crippen LogP contribution in [0.25, 0.3) is 223 Å². The zero-order chi connectivity index (χ0) is 77.7. The SMILES string of the molecule is c1ccc(-c2cccc(-c3cccc(-c4nc(-c5ccccc5)nc(-n5c6ccccc6c6cc7c8cc(-c9cccc(-c%10cc(-c%11cccc(-c%12cc(-c%13ccccc%13)cc(-c%13ccccc%13)c%12)c%11)nc(-n%11c%12ccccc%12c%12cc%13c%14ccccc%14n(-c%14ccccc%14)c%13cc%12%11)n%10)c9)ccc8n(-c8ccccc8)c7cc65)n4)c3)c2)cc1. The largest absolute Gasteiger partial charge is 0.309 e. The normalized spacial score (nSPS) is 11.7. The number of hydrogen-bond donors (Lipinski definition) is 0. The quantitative estimate of drug-likeness (QED) is 0.108. The van der Waals surface area contributed by atoms with Gasteiger partial charge in [-0.2, -0.15) is 9.97 Å². The number of hydrogen-bond acceptors (Lipinski definition) is 5. The van der Waals surface area contributed by atoms with Crippen LogP contribution in [0, 0.1) is 0 Å². The van der Waals surface area contributed by atoms with E-state index in [1.54, 1.807) is 0 Å². The van der Waals surface area contributed by atoms with E-state index >= 15 is 0 Å². The molecule has 0 saturated carbocycles. The van der Waals surface area contributed by atoms with Crippen LogP contribution < -0.4 is 0 Å². The van der Waals surface area contributed by atoms with Gasteiger partial charge in [0.1, 0.15) is 0 Å². The Kier molecular flexibility index (Phi) is 16.1. The Morgan fingerprint density at radius 1 is 0.136 bits per heavy atom. The zero-order valence-corrected chi connectivity index (χ0v) is 63.9. The molecule has 0 bridgehead atoms. The van der Waals surface area contributed by atoms with Crippen molar-refractivity contribution in [3.8, 4) is 135 Å². The molecule has 0 amide bonds. The van der Waals surface area contributed by atoms with Crippen molar-refractivity contribution in [1.29, 1.82) is 0 Å². The number of benzene rings is 17. The van der Waals surface area contributed by atoms with Crippen molar-refractivity contribution >= 4 is 87.2 Å². The third-order valence-corrected chi connectivity index (χ3v) is 23.4. The predicted molar refractivity (Wildman–Crippen MR) is 487 cm³/mol. The minimum atomic E-state index is 0.522. The second kappa shape index (κ2) is 28.0. The lowest BCUT2D eigenvalue weighted by Gasteiger charge is -2.14. The molecule has 0 saturated heterocycles. The summed E-state index contributed by atoms with van der Waals surface area (Å²) in [6.07, 6.45) is 0. The molecule has 0 aliphatic rings. The van der Waals surface area contributed by atoms with Gasteiger partial charge in [-0.3, -0.25) is 9.13 Å². The van der Waals surface area contributed by atoms with Crippen LogP contribution >= 0.6 is 0 Å². The molecule has 23 aromatic rings. The number of aromatic nitrogens is 9. The third-order valence-electron chi connectivity index (χ3n) is 23.4. The van der Waals surface area contributed by atoms with Crippen molar-refractivity contribution in [2.75, 3.05) is 0 Å². The highest BCUT2D eigenvalue weighted by Crippen LogP contribution is 2.45. The van der Waals surface area contributed by atoms with Crippen LogP contribution in [0.3, 0.4) is 0 Å². The first-order chi connectivity index (χ1) is 58.5. The van der Waals surface area contributed by atoms with Gasteiger partial charge in [0.2, 0.25) is 11.9 Å². The first-order valence-corrected chi connectivity index (χ1v) is 40.0. The summed E-state index contributed by atoms with van der Waals surface area (Å²) in [6, 6.07) is 150. The van der Waals surface area contributed by atoms with Gasteiger partial charge in [0, 0.05) is 76.7 Å². The van der Waals surface area contributed by atoms with E-state index in [9.17, 15) is 0 Å². The molecule has 23 rings (SSSR count). The minimum absolute atomic E-state index is 0.522. The molecule has 6 heterocycles. The summed E-state index contributed by atoms with van der Waals surface area (Å²) in [5.41, 5.74) is 29.2. The van der Waals surface area contributed by atoms with Crippen LogP contribution in [0.5, 0.6) is 0 Å². The Morgan fingerprint density at radius 3 is 0.881 bits per heavy atom. The van der Waals surface area contributed by atoms with Crippen LogP contribution in [-0.4, -0.2) is 43.2 Å². The molecule has 0 aliphatic heterocycles. The van der Waals surface area contributed by atoms with Gasteiger partial charge < -0.3 is 9.13 Å². The topological polar surface area (TPSA) is 84.2 Å². The lowest BCUT2D eigenvalue weighted by Crippen LogP contribution is -2.06. The average Bonchev–Trinajstić information content (AvgIpc) is 1.55. The molecule has 6 aromatic heterocycles. The lowest BCUT2D eigenvalue weighted by atomic mass is 9.92. The number of para-hydroxylation sites is 5. The van der Waals surface area contributed by atoms with Gasteiger partial charge in [0.15, 0.2) is 11.6 Å². The fraction of sp³-hybridized carbons (Fsp3) is 0. The van der Waals surface area contributed by atoms with E-state index < -0.39 is 0 Å². The van der Waals surface area contributed by atoms with Crippen molar-refractivity contribution in [2.45, 2.75) is 0 Å². The van der Waals surface area contributed by atoms with Gasteiger partial charge >= 0.3 is 0 Å². The summed E-state index contributed by atoms with van der Waals surface area (Å²) < 4.78 is 9.31. The molecule has 0 spiro atoms. The molecule has 0 atom stereocenters. The van der Waals surface area contributed by atoms with Crippen molar-refractivity contribution in [3.05, 3.63) is 419 Å². The Morgan fingerprint density at radius 2 is 0.415 bits per heavy atom. The fourth-order valence-corrected chi connectivity index (χ4v) is 17.8. The summed E-state index contributed by atoms with van der Waals surface area (Å²) in [7, 11) is 0. The molecule has 550 valence electrons. The Balaban J connectivity index is 0.695. The smallest absolute Gasteiger partial charge is 0.238 e. The van der Waals surface area contributed by atoms with E-state index in [-0.39, 0.29) is 0 Å². The predicted octanol–water partition coefficient (Wildman–Crippen LogP) is 27.7. The summed E-state index contributed by atoms with van der Waals surface area (Å²) in [4.78, 5) is 27.8. The Labute approximate surface area is 679 Å². The monoisotopic (exact) mass is 1500 g/mol. The molecular weight excluding hydrogens is 1440 g/mol. The van der Waals surface area contributed by atoms with Gasteiger partial charge in [-0.15, -0.1) is 0 Å². The van der Waals surface area contributed by atoms with Crippen LogP contribution in [-0.2, 0) is 0 Å². The lowest BCUT2D eigenvalue weighted by molar-refractivity contribution is 0.953. The molecular formula is C109H69N9. The van der Waals surface area contributed by atoms with E-state index in [1.807, 2.05) is 18.2 Å². The Hall–Kier alpha value is -16.0. The highest BCUT2D eigenvalue weighted by atomic mass is 15.2. The van der Waals surface area contributed by atoms with Gasteiger partial charge in [0.25, 0.3) is 0 Å². The van der Waals surface area contributed by atoms with E-state index in [1.165, 1.54) is 16.3 Å². The summed E-state index contributed by atoms with van der Waals surface area (Å²) in [5, 5.41) is 9.01. The molecule has 0 unspecified atom stereocenters. The molecule has 9 heteroatoms. The van der Waals surface area contributed by atoms with Crippen LogP contribution in [0.4, 0.5) is 0 Å². The van der Waals surface area contributed by atoms with E-state index in [2.05, 4.69) is 419 Å². The fourth-order valence-electron chi connectivity index (χ4n) is 17.8. The van der Waals surface area contributed by atoms with Gasteiger partial charge in [0.05, 0.1) is 55.5 Å². The summed E-state index contributed by atoms with van der Waals surface area (Å²) in [6.45, 7) is 0. The maximum Gasteiger partial charge on any atom is 0.238 e. The van der Waals surface area contributed by atoms with Crippen molar-refractivity contribution in [2.24, 2.45) is 0 Å². The molecule has 17 aromatic carbocycles. The van der Waals surface area contributed by atoms with E-state index in [0.717, 1.165) is 183 Å². The summed E-state index contributed by atoms with van der Waals surface area (Å²) in [5.74, 6) is 2.24. The van der Waals surface area contributed by atoms with Gasteiger partial charge in [-0.1, -0.05) is 291 Å². The van der Waals surface area contributed by atoms with Gasteiger partial charge in [-0.25, -0.2) is 15.0 Å². The van der Waals surface area contributed by atoms with Crippen molar-refractivity contribution < 1.29 is 0 Å². The standard InChI is InChI=1S/C109H69N9/c1-7-29-70(30-8-1)74-37-25-38-75(57-74)77-40-28-44-82(60-77)107-112-106(73-35-13-4-14-36-73)113-109(114-107)118-100-54-24-21-51-90(100)94-66-95-91-64-79(55-56-101(91)116(103(95)69-105(94)118)87-47-17-6-18-48-87)76-39-26-42-80(58-76)96-67-97(81-43-27-41-78(59-81)85-62-83(71-31-9-2-10-32-71)61-84(63-85)72-33-11-3-12-34-72)111-108(110-96)117-99-53-23-20-50-89(99)93-65-92-88-49-19-22-52-98(88)115(102(92)68-104(93)117)86-45-15-5-16-46-86/h1-69H. The highest BCUT2D eigenvalue weighted by molar-refractivity contribution is 6.21. The molecule has 0 radical (unpaired) electrons. The third kappa shape index (κ3) is 11.7. The molecule has 0 aliphatic carbocycles. The second-order valence-electron chi connectivity index (χ2n) is 30.4. The van der Waals surface area contributed by atoms with Gasteiger partial charge in [-0.05, 0) is 194 Å². The zero-order valence-electron chi connectivity index (χ0n) is 63.9. The first-order valence-electron chi connectivity index (χ1n) is 40.0. The second-order valence-corrected chi connectivity index (χ2v) is 30.4. The molecule has 0 fully saturated rings. The average molecular weight is 1500 g/mol. The first kappa shape index (κ1) is 67.7. The van der Waals surface area contributed by atoms with Crippen LogP contribution in [0.2, 0.25) is 0 Å². The highest BCUT2D eigenvalue weighted by Gasteiger charge is 2.26. The van der Waals surface area contributed by atoms with Crippen LogP contribution in [0.15, 0.2) is 419 Å². The van der Waals surface area contributed by atoms with Crippen molar-refractivity contribution in [1.82, 2.24) is 43.2 Å². The van der Waals surface area contributed by atoms with E-state index in [4.69, 9.17) is 24.9 Å². The maximum absolute atomic E-state index is 5.78. The Bertz CT molecular complexity index is 7840. The van der Waals surface area contributed by atoms with E-state index in [0.29, 0.717) is 23.5 Å². The number of rotatable bonds is 14. The van der Waals surface area contributed by atoms with Crippen LogP contribution in [0.1, 0.15) is 0 Å². The summed E-state index contributed by atoms with van der Waals surface area (Å²) >= 11 is 0. The molecule has 118 heavy (non-hydrogen) atoms. The van der Waals surface area contributed by atoms with Crippen molar-refractivity contribution in [3.63, 3.8) is 0 Å². The number of fused-ring (bicyclic) bond motifs is 12. The molecule has 9 nitrogen and oxygen atoms in total. The number of nitrogens with zero attached hydrogens (tertiary/aromatic N) is 9. The maximum atomic E-state index is 5.78. The molecule has 0 N–H and O–H groups in total.